The SMILES string of the molecule is CC1CCCC(NC(=O)c2cc([N+](=O)[O-])ccc2I)C1. The molecule has 0 bridgehead atoms. The van der Waals surface area contributed by atoms with Crippen molar-refractivity contribution < 1.29 is 9.72 Å². The highest BCUT2D eigenvalue weighted by Gasteiger charge is 2.22. The molecule has 20 heavy (non-hydrogen) atoms. The highest BCUT2D eigenvalue weighted by molar-refractivity contribution is 14.1. The Labute approximate surface area is 131 Å². The molecular weight excluding hydrogens is 371 g/mol. The number of hydrogen-bond donors (Lipinski definition) is 1. The summed E-state index contributed by atoms with van der Waals surface area (Å²) >= 11 is 2.03. The van der Waals surface area contributed by atoms with Crippen molar-refractivity contribution in [2.75, 3.05) is 0 Å². The Bertz CT molecular complexity index is 533. The van der Waals surface area contributed by atoms with Gasteiger partial charge in [-0.15, -0.1) is 0 Å². The molecule has 2 unspecified atom stereocenters. The summed E-state index contributed by atoms with van der Waals surface area (Å²) in [6, 6.07) is 4.56. The van der Waals surface area contributed by atoms with Gasteiger partial charge in [0.05, 0.1) is 10.5 Å². The maximum absolute atomic E-state index is 12.3. The first-order valence-corrected chi connectivity index (χ1v) is 7.80. The molecule has 1 saturated carbocycles. The molecule has 1 N–H and O–H groups in total. The number of benzene rings is 1. The second kappa shape index (κ2) is 6.51. The molecule has 0 saturated heterocycles. The van der Waals surface area contributed by atoms with E-state index in [1.165, 1.54) is 18.6 Å². The van der Waals surface area contributed by atoms with Gasteiger partial charge in [0.15, 0.2) is 0 Å². The Hall–Kier alpha value is -1.18. The van der Waals surface area contributed by atoms with Crippen molar-refractivity contribution in [2.24, 2.45) is 5.92 Å². The molecule has 1 fully saturated rings. The molecular formula is C14H17IN2O3. The van der Waals surface area contributed by atoms with Crippen molar-refractivity contribution in [1.29, 1.82) is 0 Å². The first-order valence-electron chi connectivity index (χ1n) is 6.72. The van der Waals surface area contributed by atoms with Gasteiger partial charge in [-0.25, -0.2) is 0 Å². The van der Waals surface area contributed by atoms with E-state index in [0.29, 0.717) is 11.5 Å². The van der Waals surface area contributed by atoms with Crippen LogP contribution in [0.5, 0.6) is 0 Å². The third-order valence-electron chi connectivity index (χ3n) is 3.68. The van der Waals surface area contributed by atoms with E-state index in [1.54, 1.807) is 6.07 Å². The zero-order valence-electron chi connectivity index (χ0n) is 11.3. The van der Waals surface area contributed by atoms with Gasteiger partial charge in [-0.3, -0.25) is 14.9 Å². The molecule has 1 aromatic rings. The standard InChI is InChI=1S/C14H17IN2O3/c1-9-3-2-4-10(7-9)16-14(18)12-8-11(17(19)20)5-6-13(12)15/h5-6,8-10H,2-4,7H2,1H3,(H,16,18). The number of carbonyl (C=O) groups is 1. The van der Waals surface area contributed by atoms with Crippen LogP contribution in [0.1, 0.15) is 43.0 Å². The number of hydrogen-bond acceptors (Lipinski definition) is 3. The minimum Gasteiger partial charge on any atom is -0.349 e. The fourth-order valence-corrected chi connectivity index (χ4v) is 3.21. The van der Waals surface area contributed by atoms with E-state index in [0.717, 1.165) is 22.8 Å². The zero-order chi connectivity index (χ0) is 14.7. The molecule has 0 spiro atoms. The highest BCUT2D eigenvalue weighted by atomic mass is 127. The second-order valence-electron chi connectivity index (χ2n) is 5.36. The van der Waals surface area contributed by atoms with Crippen molar-refractivity contribution in [3.05, 3.63) is 37.4 Å². The monoisotopic (exact) mass is 388 g/mol. The quantitative estimate of drug-likeness (QED) is 0.489. The minimum absolute atomic E-state index is 0.0485. The summed E-state index contributed by atoms with van der Waals surface area (Å²) in [5, 5.41) is 13.8. The summed E-state index contributed by atoms with van der Waals surface area (Å²) in [7, 11) is 0. The molecule has 1 amide bonds. The molecule has 0 aliphatic heterocycles. The summed E-state index contributed by atoms with van der Waals surface area (Å²) in [6.45, 7) is 2.19. The normalized spacial score (nSPS) is 22.3. The van der Waals surface area contributed by atoms with Gasteiger partial charge in [0.25, 0.3) is 11.6 Å². The predicted octanol–water partition coefficient (Wildman–Crippen LogP) is 3.51. The lowest BCUT2D eigenvalue weighted by Crippen LogP contribution is -2.38. The Morgan fingerprint density at radius 3 is 2.85 bits per heavy atom. The largest absolute Gasteiger partial charge is 0.349 e. The fraction of sp³-hybridized carbons (Fsp3) is 0.500. The predicted molar refractivity (Wildman–Crippen MR) is 84.7 cm³/mol. The van der Waals surface area contributed by atoms with Gasteiger partial charge in [-0.05, 0) is 47.4 Å². The highest BCUT2D eigenvalue weighted by Crippen LogP contribution is 2.25. The number of amides is 1. The lowest BCUT2D eigenvalue weighted by Gasteiger charge is -2.27. The first-order chi connectivity index (χ1) is 9.47. The summed E-state index contributed by atoms with van der Waals surface area (Å²) in [5.41, 5.74) is 0.339. The Kier molecular flexibility index (Phi) is 4.95. The van der Waals surface area contributed by atoms with Gasteiger partial charge >= 0.3 is 0 Å². The number of rotatable bonds is 3. The van der Waals surface area contributed by atoms with E-state index in [4.69, 9.17) is 0 Å². The second-order valence-corrected chi connectivity index (χ2v) is 6.53. The van der Waals surface area contributed by atoms with Crippen molar-refractivity contribution in [1.82, 2.24) is 5.32 Å². The summed E-state index contributed by atoms with van der Waals surface area (Å²) in [5.74, 6) is 0.412. The molecule has 2 rings (SSSR count). The van der Waals surface area contributed by atoms with Crippen molar-refractivity contribution in [2.45, 2.75) is 38.6 Å². The lowest BCUT2D eigenvalue weighted by molar-refractivity contribution is -0.384. The van der Waals surface area contributed by atoms with Crippen LogP contribution >= 0.6 is 22.6 Å². The van der Waals surface area contributed by atoms with Crippen LogP contribution in [0.4, 0.5) is 5.69 Å². The van der Waals surface area contributed by atoms with Crippen LogP contribution in [0.25, 0.3) is 0 Å². The van der Waals surface area contributed by atoms with Gasteiger partial charge < -0.3 is 5.32 Å². The van der Waals surface area contributed by atoms with E-state index in [-0.39, 0.29) is 17.6 Å². The van der Waals surface area contributed by atoms with Crippen LogP contribution in [0.3, 0.4) is 0 Å². The van der Waals surface area contributed by atoms with E-state index in [9.17, 15) is 14.9 Å². The molecule has 2 atom stereocenters. The van der Waals surface area contributed by atoms with Crippen molar-refractivity contribution >= 4 is 34.2 Å². The van der Waals surface area contributed by atoms with Crippen LogP contribution in [0, 0.1) is 19.6 Å². The van der Waals surface area contributed by atoms with E-state index in [1.807, 2.05) is 22.6 Å². The summed E-state index contributed by atoms with van der Waals surface area (Å²) in [6.07, 6.45) is 4.30. The molecule has 0 aromatic heterocycles. The van der Waals surface area contributed by atoms with Crippen LogP contribution in [-0.2, 0) is 0 Å². The smallest absolute Gasteiger partial charge is 0.270 e. The van der Waals surface area contributed by atoms with Crippen LogP contribution in [0.15, 0.2) is 18.2 Å². The first kappa shape index (κ1) is 15.2. The van der Waals surface area contributed by atoms with Crippen LogP contribution in [0.2, 0.25) is 0 Å². The molecule has 5 nitrogen and oxygen atoms in total. The summed E-state index contributed by atoms with van der Waals surface area (Å²) in [4.78, 5) is 22.6. The molecule has 1 aliphatic carbocycles. The Balaban J connectivity index is 2.12. The number of non-ortho nitro benzene ring substituents is 1. The fourth-order valence-electron chi connectivity index (χ4n) is 2.63. The third-order valence-corrected chi connectivity index (χ3v) is 4.62. The lowest BCUT2D eigenvalue weighted by atomic mass is 9.87. The van der Waals surface area contributed by atoms with E-state index >= 15 is 0 Å². The van der Waals surface area contributed by atoms with Gasteiger partial charge in [0, 0.05) is 21.7 Å². The van der Waals surface area contributed by atoms with Crippen LogP contribution < -0.4 is 5.32 Å². The zero-order valence-corrected chi connectivity index (χ0v) is 13.4. The van der Waals surface area contributed by atoms with Gasteiger partial charge in [-0.2, -0.15) is 0 Å². The average Bonchev–Trinajstić information content (AvgIpc) is 2.38. The van der Waals surface area contributed by atoms with Crippen molar-refractivity contribution in [3.63, 3.8) is 0 Å². The maximum atomic E-state index is 12.3. The molecule has 0 heterocycles. The van der Waals surface area contributed by atoms with Gasteiger partial charge in [-0.1, -0.05) is 19.8 Å². The molecule has 1 aromatic carbocycles. The molecule has 1 aliphatic rings. The number of nitro benzene ring substituents is 1. The Morgan fingerprint density at radius 2 is 2.20 bits per heavy atom. The number of nitrogens with zero attached hydrogens (tertiary/aromatic N) is 1. The Morgan fingerprint density at radius 1 is 1.45 bits per heavy atom. The number of halogens is 1. The topological polar surface area (TPSA) is 72.2 Å². The van der Waals surface area contributed by atoms with E-state index in [2.05, 4.69) is 12.2 Å². The van der Waals surface area contributed by atoms with Gasteiger partial charge in [0.2, 0.25) is 0 Å². The summed E-state index contributed by atoms with van der Waals surface area (Å²) < 4.78 is 0.731. The van der Waals surface area contributed by atoms with Crippen molar-refractivity contribution in [3.8, 4) is 0 Å². The van der Waals surface area contributed by atoms with E-state index < -0.39 is 4.92 Å². The van der Waals surface area contributed by atoms with Gasteiger partial charge in [0.1, 0.15) is 0 Å². The average molecular weight is 388 g/mol. The molecule has 0 radical (unpaired) electrons. The number of nitrogens with one attached hydrogen (secondary N) is 1. The van der Waals surface area contributed by atoms with Crippen LogP contribution in [-0.4, -0.2) is 16.9 Å². The number of nitro groups is 1. The molecule has 6 heteroatoms. The molecule has 108 valence electrons. The number of carbonyl (C=O) groups excluding carboxylic acids is 1. The maximum Gasteiger partial charge on any atom is 0.270 e. The third kappa shape index (κ3) is 3.68. The minimum atomic E-state index is -0.477.